The largest absolute Gasteiger partial charge is 0.354 e. The first-order valence-corrected chi connectivity index (χ1v) is 8.40. The lowest BCUT2D eigenvalue weighted by molar-refractivity contribution is -0.121. The molecule has 0 aromatic carbocycles. The van der Waals surface area contributed by atoms with E-state index < -0.39 is 0 Å². The highest BCUT2D eigenvalue weighted by Crippen LogP contribution is 2.33. The van der Waals surface area contributed by atoms with E-state index >= 15 is 0 Å². The van der Waals surface area contributed by atoms with Crippen molar-refractivity contribution in [2.75, 3.05) is 20.6 Å². The van der Waals surface area contributed by atoms with E-state index in [1.807, 2.05) is 5.38 Å². The molecule has 112 valence electrons. The monoisotopic (exact) mass is 315 g/mol. The maximum atomic E-state index is 12.0. The Morgan fingerprint density at radius 3 is 2.75 bits per heavy atom. The van der Waals surface area contributed by atoms with E-state index in [2.05, 4.69) is 29.3 Å². The maximum Gasteiger partial charge on any atom is 0.226 e. The summed E-state index contributed by atoms with van der Waals surface area (Å²) in [5.74, 6) is 0.454. The molecule has 20 heavy (non-hydrogen) atoms. The van der Waals surface area contributed by atoms with Crippen LogP contribution in [-0.2, 0) is 17.1 Å². The zero-order valence-corrected chi connectivity index (χ0v) is 13.7. The number of aromatic nitrogens is 1. The summed E-state index contributed by atoms with van der Waals surface area (Å²) >= 11 is 7.21. The average Bonchev–Trinajstić information content (AvgIpc) is 3.05. The molecule has 1 N–H and O–H groups in total. The fourth-order valence-electron chi connectivity index (χ4n) is 2.77. The number of hydrogen-bond acceptors (Lipinski definition) is 4. The molecular formula is C14H22ClN3OS. The molecule has 1 heterocycles. The van der Waals surface area contributed by atoms with Crippen molar-refractivity contribution in [1.82, 2.24) is 15.2 Å². The van der Waals surface area contributed by atoms with Crippen LogP contribution in [-0.4, -0.2) is 42.0 Å². The second kappa shape index (κ2) is 6.87. The normalized spacial score (nSPS) is 17.6. The zero-order chi connectivity index (χ0) is 14.6. The fraction of sp³-hybridized carbons (Fsp3) is 0.714. The lowest BCUT2D eigenvalue weighted by atomic mass is 9.96. The molecule has 0 atom stereocenters. The first kappa shape index (κ1) is 15.7. The molecule has 1 fully saturated rings. The fourth-order valence-corrected chi connectivity index (χ4v) is 3.79. The first-order chi connectivity index (χ1) is 9.55. The number of likely N-dealkylation sites (N-methyl/N-ethyl adjacent to an activating group) is 1. The number of nitrogens with zero attached hydrogens (tertiary/aromatic N) is 2. The summed E-state index contributed by atoms with van der Waals surface area (Å²) in [6.07, 6.45) is 5.17. The molecule has 0 spiro atoms. The van der Waals surface area contributed by atoms with Crippen molar-refractivity contribution in [1.29, 1.82) is 0 Å². The predicted octanol–water partition coefficient (Wildman–Crippen LogP) is 2.42. The highest BCUT2D eigenvalue weighted by atomic mass is 35.5. The van der Waals surface area contributed by atoms with E-state index in [4.69, 9.17) is 11.6 Å². The van der Waals surface area contributed by atoms with Gasteiger partial charge in [-0.05, 0) is 26.9 Å². The van der Waals surface area contributed by atoms with Crippen LogP contribution in [0.2, 0.25) is 0 Å². The van der Waals surface area contributed by atoms with E-state index in [1.165, 1.54) is 24.2 Å². The van der Waals surface area contributed by atoms with Crippen LogP contribution in [0, 0.1) is 0 Å². The maximum absolute atomic E-state index is 12.0. The van der Waals surface area contributed by atoms with Crippen LogP contribution in [0.25, 0.3) is 0 Å². The molecule has 4 nitrogen and oxygen atoms in total. The molecule has 1 aromatic heterocycles. The third-order valence-corrected chi connectivity index (χ3v) is 5.32. The van der Waals surface area contributed by atoms with Crippen molar-refractivity contribution in [3.63, 3.8) is 0 Å². The molecular weight excluding hydrogens is 294 g/mol. The van der Waals surface area contributed by atoms with Crippen molar-refractivity contribution < 1.29 is 4.79 Å². The molecule has 6 heteroatoms. The summed E-state index contributed by atoms with van der Waals surface area (Å²) in [6, 6.07) is 0. The van der Waals surface area contributed by atoms with Gasteiger partial charge in [0.05, 0.1) is 18.0 Å². The van der Waals surface area contributed by atoms with Gasteiger partial charge in [0.25, 0.3) is 0 Å². The van der Waals surface area contributed by atoms with Gasteiger partial charge in [0, 0.05) is 17.5 Å². The van der Waals surface area contributed by atoms with Gasteiger partial charge in [-0.3, -0.25) is 4.79 Å². The number of thiazole rings is 1. The van der Waals surface area contributed by atoms with Gasteiger partial charge in [0.1, 0.15) is 5.01 Å². The van der Waals surface area contributed by atoms with Crippen molar-refractivity contribution in [3.8, 4) is 0 Å². The second-order valence-electron chi connectivity index (χ2n) is 5.65. The Bertz CT molecular complexity index is 455. The van der Waals surface area contributed by atoms with Gasteiger partial charge in [-0.25, -0.2) is 4.98 Å². The molecule has 1 aliphatic carbocycles. The Morgan fingerprint density at radius 2 is 2.20 bits per heavy atom. The summed E-state index contributed by atoms with van der Waals surface area (Å²) in [7, 11) is 4.20. The summed E-state index contributed by atoms with van der Waals surface area (Å²) in [6.45, 7) is 0.729. The highest BCUT2D eigenvalue weighted by molar-refractivity contribution is 7.09. The number of rotatable bonds is 6. The van der Waals surface area contributed by atoms with Gasteiger partial charge < -0.3 is 10.2 Å². The van der Waals surface area contributed by atoms with E-state index in [9.17, 15) is 4.79 Å². The summed E-state index contributed by atoms with van der Waals surface area (Å²) in [5.41, 5.74) is 0.986. The van der Waals surface area contributed by atoms with Crippen LogP contribution in [0.5, 0.6) is 0 Å². The predicted molar refractivity (Wildman–Crippen MR) is 83.3 cm³/mol. The van der Waals surface area contributed by atoms with Crippen LogP contribution >= 0.6 is 22.9 Å². The van der Waals surface area contributed by atoms with Crippen LogP contribution in [0.3, 0.4) is 0 Å². The summed E-state index contributed by atoms with van der Waals surface area (Å²) < 4.78 is 0. The van der Waals surface area contributed by atoms with Gasteiger partial charge in [0.2, 0.25) is 5.91 Å². The first-order valence-electron chi connectivity index (χ1n) is 6.99. The second-order valence-corrected chi connectivity index (χ2v) is 6.86. The molecule has 0 aliphatic heterocycles. The third kappa shape index (κ3) is 3.71. The third-order valence-electron chi connectivity index (χ3n) is 4.15. The number of alkyl halides is 1. The van der Waals surface area contributed by atoms with Gasteiger partial charge in [-0.2, -0.15) is 0 Å². The van der Waals surface area contributed by atoms with Crippen LogP contribution in [0.4, 0.5) is 0 Å². The van der Waals surface area contributed by atoms with E-state index in [1.54, 1.807) is 0 Å². The minimum Gasteiger partial charge on any atom is -0.354 e. The zero-order valence-electron chi connectivity index (χ0n) is 12.1. The molecule has 0 unspecified atom stereocenters. The van der Waals surface area contributed by atoms with E-state index in [0.717, 1.165) is 30.1 Å². The van der Waals surface area contributed by atoms with Gasteiger partial charge in [-0.1, -0.05) is 12.8 Å². The van der Waals surface area contributed by atoms with Crippen LogP contribution in [0.15, 0.2) is 5.38 Å². The molecule has 1 amide bonds. The Morgan fingerprint density at radius 1 is 1.50 bits per heavy atom. The minimum atomic E-state index is 0.0496. The van der Waals surface area contributed by atoms with Crippen molar-refractivity contribution in [2.24, 2.45) is 0 Å². The van der Waals surface area contributed by atoms with Gasteiger partial charge in [0.15, 0.2) is 0 Å². The van der Waals surface area contributed by atoms with E-state index in [-0.39, 0.29) is 11.4 Å². The van der Waals surface area contributed by atoms with Crippen molar-refractivity contribution in [3.05, 3.63) is 16.1 Å². The Hall–Kier alpha value is -0.650. The molecule has 1 aromatic rings. The molecule has 0 radical (unpaired) electrons. The highest BCUT2D eigenvalue weighted by Gasteiger charge is 2.36. The Labute approximate surface area is 129 Å². The number of halogens is 1. The lowest BCUT2D eigenvalue weighted by Gasteiger charge is -2.36. The standard InChI is InChI=1S/C14H22ClN3OS/c1-18(2)14(5-3-4-6-14)10-16-12(19)7-13-17-11(8-15)9-20-13/h9H,3-8,10H2,1-2H3,(H,16,19). The average molecular weight is 316 g/mol. The number of hydrogen-bond donors (Lipinski definition) is 1. The topological polar surface area (TPSA) is 45.2 Å². The Kier molecular flexibility index (Phi) is 5.41. The van der Waals surface area contributed by atoms with Crippen molar-refractivity contribution >= 4 is 28.8 Å². The quantitative estimate of drug-likeness (QED) is 0.820. The molecule has 2 rings (SSSR count). The number of carbonyl (C=O) groups excluding carboxylic acids is 1. The SMILES string of the molecule is CN(C)C1(CNC(=O)Cc2nc(CCl)cs2)CCCC1. The van der Waals surface area contributed by atoms with Crippen LogP contribution in [0.1, 0.15) is 36.4 Å². The smallest absolute Gasteiger partial charge is 0.226 e. The minimum absolute atomic E-state index is 0.0496. The van der Waals surface area contributed by atoms with Crippen molar-refractivity contribution in [2.45, 2.75) is 43.5 Å². The Balaban J connectivity index is 1.85. The molecule has 0 bridgehead atoms. The number of nitrogens with one attached hydrogen (secondary N) is 1. The lowest BCUT2D eigenvalue weighted by Crippen LogP contribution is -2.51. The number of carbonyl (C=O) groups is 1. The summed E-state index contributed by atoms with van der Waals surface area (Å²) in [5, 5.41) is 5.82. The van der Waals surface area contributed by atoms with E-state index in [0.29, 0.717) is 12.3 Å². The molecule has 1 saturated carbocycles. The van der Waals surface area contributed by atoms with Gasteiger partial charge >= 0.3 is 0 Å². The molecule has 0 saturated heterocycles. The van der Waals surface area contributed by atoms with Crippen LogP contribution < -0.4 is 5.32 Å². The van der Waals surface area contributed by atoms with Gasteiger partial charge in [-0.15, -0.1) is 22.9 Å². The molecule has 1 aliphatic rings. The number of amides is 1. The summed E-state index contributed by atoms with van der Waals surface area (Å²) in [4.78, 5) is 18.6.